The van der Waals surface area contributed by atoms with Gasteiger partial charge in [-0.15, -0.1) is 0 Å². The molecule has 1 aliphatic rings. The molecule has 1 rings (SSSR count). The van der Waals surface area contributed by atoms with Crippen LogP contribution < -0.4 is 5.32 Å². The molecule has 7 N–H and O–H groups in total. The van der Waals surface area contributed by atoms with E-state index in [4.69, 9.17) is 14.0 Å². The average molecular weight is 850 g/mol. The van der Waals surface area contributed by atoms with Crippen LogP contribution in [0.2, 0.25) is 0 Å². The van der Waals surface area contributed by atoms with Crippen molar-refractivity contribution in [3.63, 3.8) is 0 Å². The van der Waals surface area contributed by atoms with Crippen LogP contribution in [0.1, 0.15) is 187 Å². The molecule has 0 radical (unpaired) electrons. The van der Waals surface area contributed by atoms with E-state index >= 15 is 0 Å². The Hall–Kier alpha value is -1.46. The number of carbonyl (C=O) groups excluding carboxylic acids is 1. The van der Waals surface area contributed by atoms with Gasteiger partial charge in [0.05, 0.1) is 25.4 Å². The number of hydrogen-bond donors (Lipinski definition) is 7. The van der Waals surface area contributed by atoms with E-state index in [0.717, 1.165) is 38.5 Å². The summed E-state index contributed by atoms with van der Waals surface area (Å²) in [6, 6.07) is -1.13. The minimum atomic E-state index is -5.12. The number of rotatable bonds is 38. The molecule has 0 saturated carbocycles. The van der Waals surface area contributed by atoms with Crippen molar-refractivity contribution in [1.29, 1.82) is 0 Å². The van der Waals surface area contributed by atoms with Crippen LogP contribution >= 0.6 is 0 Å². The van der Waals surface area contributed by atoms with Crippen molar-refractivity contribution in [2.24, 2.45) is 0 Å². The van der Waals surface area contributed by atoms with Gasteiger partial charge in [-0.3, -0.25) is 9.35 Å². The first-order valence-electron chi connectivity index (χ1n) is 22.8. The number of nitrogens with one attached hydrogen (secondary N) is 1. The number of carbonyl (C=O) groups is 1. The molecular weight excluding hydrogens is 767 g/mol. The Bertz CT molecular complexity index is 1160. The first-order valence-corrected chi connectivity index (χ1v) is 24.2. The van der Waals surface area contributed by atoms with Gasteiger partial charge in [0.25, 0.3) is 0 Å². The predicted octanol–water partition coefficient (Wildman–Crippen LogP) is 7.52. The fourth-order valence-electron chi connectivity index (χ4n) is 7.18. The van der Waals surface area contributed by atoms with Gasteiger partial charge >= 0.3 is 10.4 Å². The maximum atomic E-state index is 13.1. The van der Waals surface area contributed by atoms with E-state index in [1.807, 2.05) is 0 Å². The van der Waals surface area contributed by atoms with Crippen LogP contribution in [0, 0.1) is 0 Å². The van der Waals surface area contributed by atoms with Crippen LogP contribution in [0.15, 0.2) is 24.3 Å². The van der Waals surface area contributed by atoms with Crippen molar-refractivity contribution in [3.8, 4) is 0 Å². The van der Waals surface area contributed by atoms with Gasteiger partial charge in [0, 0.05) is 0 Å². The third-order valence-corrected chi connectivity index (χ3v) is 11.3. The highest BCUT2D eigenvalue weighted by Crippen LogP contribution is 2.26. The second kappa shape index (κ2) is 35.2. The number of aliphatic hydroxyl groups is 5. The zero-order valence-electron chi connectivity index (χ0n) is 36.0. The first kappa shape index (κ1) is 54.6. The maximum Gasteiger partial charge on any atom is 0.397 e. The minimum absolute atomic E-state index is 0.240. The number of hydrogen-bond acceptors (Lipinski definition) is 11. The zero-order chi connectivity index (χ0) is 42.9. The molecular formula is C44H83NO12S. The molecule has 1 heterocycles. The highest BCUT2D eigenvalue weighted by atomic mass is 32.3. The van der Waals surface area contributed by atoms with Gasteiger partial charge in [-0.1, -0.05) is 179 Å². The molecule has 58 heavy (non-hydrogen) atoms. The Labute approximate surface area is 351 Å². The summed E-state index contributed by atoms with van der Waals surface area (Å²) >= 11 is 0. The summed E-state index contributed by atoms with van der Waals surface area (Å²) in [5.41, 5.74) is 0. The lowest BCUT2D eigenvalue weighted by atomic mass is 9.99. The molecule has 1 fully saturated rings. The van der Waals surface area contributed by atoms with Crippen LogP contribution in [0.4, 0.5) is 0 Å². The molecule has 1 saturated heterocycles. The van der Waals surface area contributed by atoms with Crippen LogP contribution in [0.5, 0.6) is 0 Å². The Morgan fingerprint density at radius 2 is 1.16 bits per heavy atom. The summed E-state index contributed by atoms with van der Waals surface area (Å²) in [4.78, 5) is 13.1. The smallest absolute Gasteiger partial charge is 0.394 e. The molecule has 0 bridgehead atoms. The molecule has 0 aromatic carbocycles. The van der Waals surface area contributed by atoms with E-state index in [-0.39, 0.29) is 6.42 Å². The van der Waals surface area contributed by atoms with E-state index in [1.165, 1.54) is 122 Å². The molecule has 8 unspecified atom stereocenters. The standard InChI is InChI=1S/C44H83NO12S/c1-3-5-7-9-11-13-15-17-18-19-20-21-23-25-27-29-31-33-38(48)43(51)45-36(37(47)32-30-28-26-24-22-16-14-12-10-8-6-4-2)35-55-44-41(50)42(57-58(52,53)54)40(49)39(34-46)56-44/h22,24,30,32,36-42,44,46-50H,3-21,23,25-29,31,33-35H2,1-2H3,(H,45,51)(H,52,53,54)/b24-22+,32-30+. The molecule has 8 atom stereocenters. The second-order valence-corrected chi connectivity index (χ2v) is 17.2. The molecule has 13 nitrogen and oxygen atoms in total. The van der Waals surface area contributed by atoms with Crippen molar-refractivity contribution in [1.82, 2.24) is 5.32 Å². The Morgan fingerprint density at radius 3 is 1.66 bits per heavy atom. The number of allylic oxidation sites excluding steroid dienone is 3. The lowest BCUT2D eigenvalue weighted by Crippen LogP contribution is -2.61. The molecule has 1 amide bonds. The number of amides is 1. The van der Waals surface area contributed by atoms with E-state index in [1.54, 1.807) is 6.08 Å². The van der Waals surface area contributed by atoms with Gasteiger partial charge in [0.1, 0.15) is 30.5 Å². The average Bonchev–Trinajstić information content (AvgIpc) is 3.19. The number of unbranched alkanes of at least 4 members (excludes halogenated alkanes) is 23. The summed E-state index contributed by atoms with van der Waals surface area (Å²) in [5, 5.41) is 55.1. The highest BCUT2D eigenvalue weighted by Gasteiger charge is 2.48. The Kier molecular flexibility index (Phi) is 33.1. The van der Waals surface area contributed by atoms with Gasteiger partial charge in [0.15, 0.2) is 6.29 Å². The normalized spacial score (nSPS) is 21.8. The van der Waals surface area contributed by atoms with Gasteiger partial charge in [-0.05, 0) is 32.1 Å². The number of ether oxygens (including phenoxy) is 2. The molecule has 0 aromatic heterocycles. The van der Waals surface area contributed by atoms with Gasteiger partial charge < -0.3 is 40.3 Å². The molecule has 342 valence electrons. The highest BCUT2D eigenvalue weighted by molar-refractivity contribution is 7.80. The van der Waals surface area contributed by atoms with Crippen molar-refractivity contribution in [2.75, 3.05) is 13.2 Å². The monoisotopic (exact) mass is 850 g/mol. The largest absolute Gasteiger partial charge is 0.397 e. The SMILES string of the molecule is CCCCCCCC/C=C/CC/C=C/C(O)C(COC1OC(CO)C(O)C(OS(=O)(=O)O)C1O)NC(=O)C(O)CCCCCCCCCCCCCCCCCCC. The van der Waals surface area contributed by atoms with Gasteiger partial charge in [0.2, 0.25) is 5.91 Å². The van der Waals surface area contributed by atoms with Gasteiger partial charge in [-0.25, -0.2) is 4.18 Å². The Morgan fingerprint density at radius 1 is 0.690 bits per heavy atom. The fraction of sp³-hybridized carbons (Fsp3) is 0.886. The topological polar surface area (TPSA) is 212 Å². The van der Waals surface area contributed by atoms with Crippen molar-refractivity contribution in [2.45, 2.75) is 236 Å². The van der Waals surface area contributed by atoms with E-state index in [9.17, 15) is 38.7 Å². The summed E-state index contributed by atoms with van der Waals surface area (Å²) in [7, 11) is -5.12. The molecule has 0 aliphatic carbocycles. The summed E-state index contributed by atoms with van der Waals surface area (Å²) < 4.78 is 47.4. The van der Waals surface area contributed by atoms with E-state index < -0.39 is 78.5 Å². The van der Waals surface area contributed by atoms with Gasteiger partial charge in [-0.2, -0.15) is 8.42 Å². The second-order valence-electron chi connectivity index (χ2n) is 16.1. The van der Waals surface area contributed by atoms with Crippen LogP contribution in [0.3, 0.4) is 0 Å². The zero-order valence-corrected chi connectivity index (χ0v) is 36.8. The Balaban J connectivity index is 2.58. The van der Waals surface area contributed by atoms with Crippen LogP contribution in [-0.4, -0.2) is 107 Å². The first-order chi connectivity index (χ1) is 27.9. The third-order valence-electron chi connectivity index (χ3n) is 10.8. The van der Waals surface area contributed by atoms with Crippen molar-refractivity contribution >= 4 is 16.3 Å². The summed E-state index contributed by atoms with van der Waals surface area (Å²) in [5.74, 6) is -0.712. The minimum Gasteiger partial charge on any atom is -0.394 e. The lowest BCUT2D eigenvalue weighted by Gasteiger charge is -2.41. The number of aliphatic hydroxyl groups excluding tert-OH is 5. The van der Waals surface area contributed by atoms with E-state index in [2.05, 4.69) is 35.5 Å². The molecule has 0 spiro atoms. The van der Waals surface area contributed by atoms with Crippen LogP contribution in [0.25, 0.3) is 0 Å². The molecule has 14 heteroatoms. The van der Waals surface area contributed by atoms with Crippen molar-refractivity contribution < 1.29 is 57.0 Å². The van der Waals surface area contributed by atoms with Crippen molar-refractivity contribution in [3.05, 3.63) is 24.3 Å². The molecule has 1 aliphatic heterocycles. The quantitative estimate of drug-likeness (QED) is 0.0183. The maximum absolute atomic E-state index is 13.1. The molecule has 0 aromatic rings. The van der Waals surface area contributed by atoms with E-state index in [0.29, 0.717) is 12.8 Å². The summed E-state index contributed by atoms with van der Waals surface area (Å²) in [6.07, 6.45) is 27.0. The summed E-state index contributed by atoms with van der Waals surface area (Å²) in [6.45, 7) is 3.18. The third kappa shape index (κ3) is 27.4. The predicted molar refractivity (Wildman–Crippen MR) is 228 cm³/mol. The van der Waals surface area contributed by atoms with Crippen LogP contribution in [-0.2, 0) is 28.9 Å². The lowest BCUT2D eigenvalue weighted by molar-refractivity contribution is -0.298. The fourth-order valence-corrected chi connectivity index (χ4v) is 7.69.